The molecule has 0 aliphatic heterocycles. The first-order valence-corrected chi connectivity index (χ1v) is 6.66. The molecule has 2 aromatic rings. The van der Waals surface area contributed by atoms with Gasteiger partial charge in [-0.05, 0) is 37.0 Å². The molecule has 0 amide bonds. The minimum Gasteiger partial charge on any atom is -0.322 e. The van der Waals surface area contributed by atoms with Crippen LogP contribution in [-0.2, 0) is 0 Å². The quantitative estimate of drug-likeness (QED) is 0.916. The molecule has 1 fully saturated rings. The van der Waals surface area contributed by atoms with Crippen molar-refractivity contribution < 1.29 is 0 Å². The topological polar surface area (TPSA) is 38.9 Å². The largest absolute Gasteiger partial charge is 0.322 e. The van der Waals surface area contributed by atoms with Gasteiger partial charge < -0.3 is 5.73 Å². The molecule has 3 rings (SSSR count). The zero-order chi connectivity index (χ0) is 10.4. The SMILES string of the molecule is NC(c1nc2ccc(Br)cc2s1)C1CC1. The molecule has 0 saturated heterocycles. The summed E-state index contributed by atoms with van der Waals surface area (Å²) in [6.07, 6.45) is 2.53. The lowest BCUT2D eigenvalue weighted by molar-refractivity contribution is 0.630. The molecule has 4 heteroatoms. The maximum absolute atomic E-state index is 6.14. The first-order valence-electron chi connectivity index (χ1n) is 5.05. The third-order valence-corrected chi connectivity index (χ3v) is 4.39. The molecule has 1 aromatic heterocycles. The Morgan fingerprint density at radius 2 is 2.27 bits per heavy atom. The van der Waals surface area contributed by atoms with Crippen LogP contribution in [0.5, 0.6) is 0 Å². The van der Waals surface area contributed by atoms with E-state index >= 15 is 0 Å². The molecule has 1 aliphatic rings. The van der Waals surface area contributed by atoms with Gasteiger partial charge in [0.05, 0.1) is 16.3 Å². The molecule has 2 nitrogen and oxygen atoms in total. The summed E-state index contributed by atoms with van der Waals surface area (Å²) >= 11 is 5.19. The molecule has 0 radical (unpaired) electrons. The summed E-state index contributed by atoms with van der Waals surface area (Å²) in [5, 5.41) is 1.09. The van der Waals surface area contributed by atoms with E-state index in [1.165, 1.54) is 17.5 Å². The third-order valence-electron chi connectivity index (χ3n) is 2.78. The number of aromatic nitrogens is 1. The molecule has 1 aliphatic carbocycles. The van der Waals surface area contributed by atoms with Crippen LogP contribution in [0.15, 0.2) is 22.7 Å². The molecule has 1 atom stereocenters. The van der Waals surface area contributed by atoms with Crippen molar-refractivity contribution in [1.29, 1.82) is 0 Å². The van der Waals surface area contributed by atoms with E-state index in [2.05, 4.69) is 27.0 Å². The first kappa shape index (κ1) is 9.75. The van der Waals surface area contributed by atoms with Crippen LogP contribution in [0.3, 0.4) is 0 Å². The van der Waals surface area contributed by atoms with Gasteiger partial charge in [-0.2, -0.15) is 0 Å². The van der Waals surface area contributed by atoms with Gasteiger partial charge in [0.1, 0.15) is 5.01 Å². The van der Waals surface area contributed by atoms with Crippen LogP contribution in [0.1, 0.15) is 23.9 Å². The number of benzene rings is 1. The van der Waals surface area contributed by atoms with E-state index in [0.29, 0.717) is 5.92 Å². The molecule has 1 aromatic carbocycles. The van der Waals surface area contributed by atoms with Crippen molar-refractivity contribution in [2.24, 2.45) is 11.7 Å². The minimum atomic E-state index is 0.154. The molecule has 1 unspecified atom stereocenters. The summed E-state index contributed by atoms with van der Waals surface area (Å²) in [4.78, 5) is 4.59. The highest BCUT2D eigenvalue weighted by Gasteiger charge is 2.31. The highest BCUT2D eigenvalue weighted by molar-refractivity contribution is 9.10. The summed E-state index contributed by atoms with van der Waals surface area (Å²) in [7, 11) is 0. The fourth-order valence-corrected chi connectivity index (χ4v) is 3.33. The lowest BCUT2D eigenvalue weighted by atomic mass is 10.2. The van der Waals surface area contributed by atoms with Crippen molar-refractivity contribution in [2.75, 3.05) is 0 Å². The standard InChI is InChI=1S/C11H11BrN2S/c12-7-3-4-8-9(5-7)15-11(14-8)10(13)6-1-2-6/h3-6,10H,1-2,13H2. The van der Waals surface area contributed by atoms with Gasteiger partial charge in [-0.3, -0.25) is 0 Å². The zero-order valence-corrected chi connectivity index (χ0v) is 10.5. The fraction of sp³-hybridized carbons (Fsp3) is 0.364. The van der Waals surface area contributed by atoms with Crippen LogP contribution in [-0.4, -0.2) is 4.98 Å². The van der Waals surface area contributed by atoms with Gasteiger partial charge in [0.15, 0.2) is 0 Å². The molecule has 78 valence electrons. The molecule has 0 bridgehead atoms. The number of hydrogen-bond donors (Lipinski definition) is 1. The number of hydrogen-bond acceptors (Lipinski definition) is 3. The third kappa shape index (κ3) is 1.82. The molecule has 0 spiro atoms. The van der Waals surface area contributed by atoms with Gasteiger partial charge in [-0.15, -0.1) is 11.3 Å². The lowest BCUT2D eigenvalue weighted by Gasteiger charge is -2.03. The highest BCUT2D eigenvalue weighted by atomic mass is 79.9. The van der Waals surface area contributed by atoms with E-state index in [4.69, 9.17) is 5.73 Å². The van der Waals surface area contributed by atoms with Gasteiger partial charge in [-0.1, -0.05) is 15.9 Å². The lowest BCUT2D eigenvalue weighted by Crippen LogP contribution is -2.11. The van der Waals surface area contributed by atoms with Crippen LogP contribution in [0.2, 0.25) is 0 Å². The van der Waals surface area contributed by atoms with Gasteiger partial charge in [0.25, 0.3) is 0 Å². The molecule has 15 heavy (non-hydrogen) atoms. The minimum absolute atomic E-state index is 0.154. The van der Waals surface area contributed by atoms with E-state index in [1.807, 2.05) is 12.1 Å². The van der Waals surface area contributed by atoms with Crippen LogP contribution >= 0.6 is 27.3 Å². The number of nitrogens with two attached hydrogens (primary N) is 1. The van der Waals surface area contributed by atoms with Gasteiger partial charge in [0.2, 0.25) is 0 Å². The van der Waals surface area contributed by atoms with E-state index in [-0.39, 0.29) is 6.04 Å². The number of rotatable bonds is 2. The molecular weight excluding hydrogens is 272 g/mol. The predicted molar refractivity (Wildman–Crippen MR) is 67.0 cm³/mol. The highest BCUT2D eigenvalue weighted by Crippen LogP contribution is 2.41. The Kier molecular flexibility index (Phi) is 2.30. The zero-order valence-electron chi connectivity index (χ0n) is 8.11. The van der Waals surface area contributed by atoms with E-state index < -0.39 is 0 Å². The summed E-state index contributed by atoms with van der Waals surface area (Å²) < 4.78 is 2.32. The van der Waals surface area contributed by atoms with Crippen LogP contribution in [0.25, 0.3) is 10.2 Å². The van der Waals surface area contributed by atoms with Crippen molar-refractivity contribution in [1.82, 2.24) is 4.98 Å². The Balaban J connectivity index is 2.05. The van der Waals surface area contributed by atoms with Crippen LogP contribution < -0.4 is 5.73 Å². The average molecular weight is 283 g/mol. The molecular formula is C11H11BrN2S. The number of nitrogens with zero attached hydrogens (tertiary/aromatic N) is 1. The summed E-state index contributed by atoms with van der Waals surface area (Å²) in [6.45, 7) is 0. The van der Waals surface area contributed by atoms with Gasteiger partial charge in [-0.25, -0.2) is 4.98 Å². The molecule has 2 N–H and O–H groups in total. The maximum atomic E-state index is 6.14. The molecule has 1 saturated carbocycles. The Bertz CT molecular complexity index is 504. The number of halogens is 1. The Hall–Kier alpha value is -0.450. The molecule has 1 heterocycles. The first-order chi connectivity index (χ1) is 7.24. The Morgan fingerprint density at radius 1 is 1.47 bits per heavy atom. The van der Waals surface area contributed by atoms with Crippen molar-refractivity contribution in [3.63, 3.8) is 0 Å². The van der Waals surface area contributed by atoms with E-state index in [1.54, 1.807) is 11.3 Å². The van der Waals surface area contributed by atoms with Crippen molar-refractivity contribution in [2.45, 2.75) is 18.9 Å². The van der Waals surface area contributed by atoms with Crippen molar-refractivity contribution in [3.05, 3.63) is 27.7 Å². The summed E-state index contributed by atoms with van der Waals surface area (Å²) in [6, 6.07) is 6.32. The predicted octanol–water partition coefficient (Wildman–Crippen LogP) is 3.47. The van der Waals surface area contributed by atoms with Gasteiger partial charge in [0, 0.05) is 4.47 Å². The second-order valence-corrected chi connectivity index (χ2v) is 6.01. The number of fused-ring (bicyclic) bond motifs is 1. The van der Waals surface area contributed by atoms with Crippen LogP contribution in [0, 0.1) is 5.92 Å². The normalized spacial score (nSPS) is 18.3. The average Bonchev–Trinajstić information content (AvgIpc) is 2.97. The Morgan fingerprint density at radius 3 is 3.00 bits per heavy atom. The maximum Gasteiger partial charge on any atom is 0.111 e. The van der Waals surface area contributed by atoms with Crippen molar-refractivity contribution in [3.8, 4) is 0 Å². The fourth-order valence-electron chi connectivity index (χ4n) is 1.72. The van der Waals surface area contributed by atoms with Gasteiger partial charge >= 0.3 is 0 Å². The van der Waals surface area contributed by atoms with E-state index in [9.17, 15) is 0 Å². The van der Waals surface area contributed by atoms with E-state index in [0.717, 1.165) is 15.0 Å². The van der Waals surface area contributed by atoms with Crippen LogP contribution in [0.4, 0.5) is 0 Å². The second kappa shape index (κ2) is 3.54. The smallest absolute Gasteiger partial charge is 0.111 e. The van der Waals surface area contributed by atoms with Crippen molar-refractivity contribution >= 4 is 37.5 Å². The number of thiazole rings is 1. The monoisotopic (exact) mass is 282 g/mol. The summed E-state index contributed by atoms with van der Waals surface area (Å²) in [5.41, 5.74) is 7.20. The Labute approximate surface area is 101 Å². The second-order valence-electron chi connectivity index (χ2n) is 4.03. The summed E-state index contributed by atoms with van der Waals surface area (Å²) in [5.74, 6) is 0.675.